The molecule has 6 nitrogen and oxygen atoms in total. The maximum atomic E-state index is 12.2. The van der Waals surface area contributed by atoms with Gasteiger partial charge in [-0.3, -0.25) is 18.9 Å². The summed E-state index contributed by atoms with van der Waals surface area (Å²) in [5.74, 6) is -0.343. The van der Waals surface area contributed by atoms with Crippen LogP contribution in [0.3, 0.4) is 0 Å². The molecule has 2 aromatic heterocycles. The summed E-state index contributed by atoms with van der Waals surface area (Å²) in [5.41, 5.74) is 7.59. The second-order valence-electron chi connectivity index (χ2n) is 5.93. The number of benzene rings is 1. The number of carbonyl (C=O) groups is 1. The van der Waals surface area contributed by atoms with Crippen LogP contribution in [0.2, 0.25) is 0 Å². The predicted molar refractivity (Wildman–Crippen MR) is 95.8 cm³/mol. The summed E-state index contributed by atoms with van der Waals surface area (Å²) >= 11 is 0. The quantitative estimate of drug-likeness (QED) is 0.710. The van der Waals surface area contributed by atoms with E-state index in [1.165, 1.54) is 10.5 Å². The SMILES string of the molecule is NC(=O)CCN(Cc1ccccc1)Cc1cc(=O)n2ccccc2n1. The van der Waals surface area contributed by atoms with Gasteiger partial charge in [0.1, 0.15) is 5.65 Å². The minimum atomic E-state index is -0.343. The van der Waals surface area contributed by atoms with Crippen LogP contribution in [0.4, 0.5) is 0 Å². The molecule has 25 heavy (non-hydrogen) atoms. The third-order valence-electron chi connectivity index (χ3n) is 3.93. The minimum Gasteiger partial charge on any atom is -0.370 e. The molecular formula is C19H20N4O2. The van der Waals surface area contributed by atoms with Crippen molar-refractivity contribution in [3.05, 3.63) is 82.4 Å². The molecule has 0 atom stereocenters. The van der Waals surface area contributed by atoms with Crippen molar-refractivity contribution in [2.75, 3.05) is 6.54 Å². The minimum absolute atomic E-state index is 0.116. The Bertz CT molecular complexity index is 921. The van der Waals surface area contributed by atoms with Gasteiger partial charge in [-0.05, 0) is 17.7 Å². The third kappa shape index (κ3) is 4.51. The van der Waals surface area contributed by atoms with Crippen molar-refractivity contribution in [1.82, 2.24) is 14.3 Å². The average Bonchev–Trinajstić information content (AvgIpc) is 2.60. The molecule has 1 aromatic carbocycles. The molecule has 0 aliphatic carbocycles. The normalized spacial score (nSPS) is 11.1. The first-order chi connectivity index (χ1) is 12.1. The van der Waals surface area contributed by atoms with Gasteiger partial charge in [-0.1, -0.05) is 36.4 Å². The van der Waals surface area contributed by atoms with Crippen molar-refractivity contribution in [2.45, 2.75) is 19.5 Å². The van der Waals surface area contributed by atoms with E-state index in [4.69, 9.17) is 5.73 Å². The number of hydrogen-bond donors (Lipinski definition) is 1. The van der Waals surface area contributed by atoms with E-state index in [2.05, 4.69) is 9.88 Å². The Labute approximate surface area is 145 Å². The number of carbonyl (C=O) groups excluding carboxylic acids is 1. The standard InChI is InChI=1S/C19H20N4O2/c20-17(24)9-11-22(13-15-6-2-1-3-7-15)14-16-12-19(25)23-10-5-4-8-18(23)21-16/h1-8,10,12H,9,11,13-14H2,(H2,20,24). The van der Waals surface area contributed by atoms with Crippen molar-refractivity contribution in [3.63, 3.8) is 0 Å². The van der Waals surface area contributed by atoms with Crippen LogP contribution in [-0.2, 0) is 17.9 Å². The van der Waals surface area contributed by atoms with Crippen LogP contribution >= 0.6 is 0 Å². The van der Waals surface area contributed by atoms with Gasteiger partial charge in [0.15, 0.2) is 0 Å². The lowest BCUT2D eigenvalue weighted by Gasteiger charge is -2.21. The van der Waals surface area contributed by atoms with Gasteiger partial charge in [-0.25, -0.2) is 4.98 Å². The molecule has 0 aliphatic heterocycles. The third-order valence-corrected chi connectivity index (χ3v) is 3.93. The molecule has 0 saturated heterocycles. The first kappa shape index (κ1) is 16.9. The van der Waals surface area contributed by atoms with E-state index < -0.39 is 0 Å². The molecule has 0 aliphatic rings. The summed E-state index contributed by atoms with van der Waals surface area (Å²) in [7, 11) is 0. The lowest BCUT2D eigenvalue weighted by atomic mass is 10.2. The average molecular weight is 336 g/mol. The van der Waals surface area contributed by atoms with E-state index in [-0.39, 0.29) is 17.9 Å². The molecule has 128 valence electrons. The highest BCUT2D eigenvalue weighted by atomic mass is 16.1. The van der Waals surface area contributed by atoms with Crippen molar-refractivity contribution >= 4 is 11.6 Å². The number of aromatic nitrogens is 2. The molecule has 0 radical (unpaired) electrons. The number of rotatable bonds is 7. The van der Waals surface area contributed by atoms with Gasteiger partial charge in [0.25, 0.3) is 5.56 Å². The molecule has 2 heterocycles. The Morgan fingerprint density at radius 3 is 2.60 bits per heavy atom. The van der Waals surface area contributed by atoms with Gasteiger partial charge in [0.05, 0.1) is 5.69 Å². The monoisotopic (exact) mass is 336 g/mol. The second kappa shape index (κ2) is 7.72. The summed E-state index contributed by atoms with van der Waals surface area (Å²) in [5, 5.41) is 0. The first-order valence-corrected chi connectivity index (χ1v) is 8.14. The maximum absolute atomic E-state index is 12.2. The molecule has 2 N–H and O–H groups in total. The molecule has 0 bridgehead atoms. The highest BCUT2D eigenvalue weighted by Crippen LogP contribution is 2.09. The number of fused-ring (bicyclic) bond motifs is 1. The Kier molecular flexibility index (Phi) is 5.20. The summed E-state index contributed by atoms with van der Waals surface area (Å²) < 4.78 is 1.51. The fraction of sp³-hybridized carbons (Fsp3) is 0.211. The Balaban J connectivity index is 1.83. The van der Waals surface area contributed by atoms with Crippen LogP contribution in [0.15, 0.2) is 65.6 Å². The zero-order valence-electron chi connectivity index (χ0n) is 13.8. The lowest BCUT2D eigenvalue weighted by molar-refractivity contribution is -0.118. The van der Waals surface area contributed by atoms with Crippen molar-refractivity contribution < 1.29 is 4.79 Å². The molecule has 0 fully saturated rings. The molecule has 0 unspecified atom stereocenters. The predicted octanol–water partition coefficient (Wildman–Crippen LogP) is 1.57. The van der Waals surface area contributed by atoms with Gasteiger partial charge in [-0.15, -0.1) is 0 Å². The van der Waals surface area contributed by atoms with Gasteiger partial charge in [-0.2, -0.15) is 0 Å². The summed E-state index contributed by atoms with van der Waals surface area (Å²) in [6, 6.07) is 16.9. The molecule has 3 rings (SSSR count). The van der Waals surface area contributed by atoms with Crippen LogP contribution in [-0.4, -0.2) is 26.7 Å². The van der Waals surface area contributed by atoms with Gasteiger partial charge in [0, 0.05) is 38.3 Å². The fourth-order valence-corrected chi connectivity index (χ4v) is 2.74. The van der Waals surface area contributed by atoms with Crippen molar-refractivity contribution in [2.24, 2.45) is 5.73 Å². The fourth-order valence-electron chi connectivity index (χ4n) is 2.74. The molecule has 3 aromatic rings. The molecular weight excluding hydrogens is 316 g/mol. The molecule has 1 amide bonds. The number of amides is 1. The van der Waals surface area contributed by atoms with E-state index in [1.807, 2.05) is 36.4 Å². The Morgan fingerprint density at radius 1 is 1.08 bits per heavy atom. The number of nitrogens with two attached hydrogens (primary N) is 1. The zero-order chi connectivity index (χ0) is 17.6. The van der Waals surface area contributed by atoms with Gasteiger partial charge in [0.2, 0.25) is 5.91 Å². The first-order valence-electron chi connectivity index (χ1n) is 8.14. The van der Waals surface area contributed by atoms with E-state index in [9.17, 15) is 9.59 Å². The van der Waals surface area contributed by atoms with Crippen LogP contribution < -0.4 is 11.3 Å². The van der Waals surface area contributed by atoms with E-state index in [0.29, 0.717) is 31.0 Å². The summed E-state index contributed by atoms with van der Waals surface area (Å²) in [6.45, 7) is 1.65. The van der Waals surface area contributed by atoms with Crippen molar-refractivity contribution in [1.29, 1.82) is 0 Å². The second-order valence-corrected chi connectivity index (χ2v) is 5.93. The molecule has 6 heteroatoms. The topological polar surface area (TPSA) is 80.7 Å². The van der Waals surface area contributed by atoms with Crippen LogP contribution in [0.25, 0.3) is 5.65 Å². The van der Waals surface area contributed by atoms with Crippen molar-refractivity contribution in [3.8, 4) is 0 Å². The zero-order valence-corrected chi connectivity index (χ0v) is 13.8. The largest absolute Gasteiger partial charge is 0.370 e. The highest BCUT2D eigenvalue weighted by Gasteiger charge is 2.11. The number of nitrogens with zero attached hydrogens (tertiary/aromatic N) is 3. The van der Waals surface area contributed by atoms with E-state index in [1.54, 1.807) is 18.3 Å². The summed E-state index contributed by atoms with van der Waals surface area (Å²) in [4.78, 5) is 30.0. The van der Waals surface area contributed by atoms with Gasteiger partial charge < -0.3 is 5.73 Å². The lowest BCUT2D eigenvalue weighted by Crippen LogP contribution is -2.29. The van der Waals surface area contributed by atoms with Crippen LogP contribution in [0, 0.1) is 0 Å². The molecule has 0 spiro atoms. The number of pyridine rings is 1. The summed E-state index contributed by atoms with van der Waals surface area (Å²) in [6.07, 6.45) is 1.96. The maximum Gasteiger partial charge on any atom is 0.258 e. The number of hydrogen-bond acceptors (Lipinski definition) is 4. The van der Waals surface area contributed by atoms with Crippen LogP contribution in [0.5, 0.6) is 0 Å². The smallest absolute Gasteiger partial charge is 0.258 e. The van der Waals surface area contributed by atoms with E-state index >= 15 is 0 Å². The number of primary amides is 1. The van der Waals surface area contributed by atoms with Gasteiger partial charge >= 0.3 is 0 Å². The molecule has 0 saturated carbocycles. The highest BCUT2D eigenvalue weighted by molar-refractivity contribution is 5.73. The Morgan fingerprint density at radius 2 is 1.84 bits per heavy atom. The van der Waals surface area contributed by atoms with E-state index in [0.717, 1.165) is 5.56 Å². The van der Waals surface area contributed by atoms with Crippen LogP contribution in [0.1, 0.15) is 17.7 Å². The Hall–Kier alpha value is -2.99.